The van der Waals surface area contributed by atoms with E-state index < -0.39 is 17.9 Å². The van der Waals surface area contributed by atoms with Crippen molar-refractivity contribution in [2.45, 2.75) is 39.0 Å². The second-order valence-electron chi connectivity index (χ2n) is 7.85. The summed E-state index contributed by atoms with van der Waals surface area (Å²) in [7, 11) is 3.16. The fourth-order valence-corrected chi connectivity index (χ4v) is 3.74. The maximum Gasteiger partial charge on any atom is 0.340 e. The van der Waals surface area contributed by atoms with Crippen molar-refractivity contribution in [1.29, 1.82) is 0 Å². The van der Waals surface area contributed by atoms with Crippen molar-refractivity contribution in [1.82, 2.24) is 0 Å². The fraction of sp³-hybridized carbons (Fsp3) is 0.385. The Morgan fingerprint density at radius 1 is 0.912 bits per heavy atom. The van der Waals surface area contributed by atoms with E-state index in [1.807, 2.05) is 38.1 Å². The normalized spacial score (nSPS) is 14.6. The zero-order valence-electron chi connectivity index (χ0n) is 20.0. The molecule has 1 aliphatic rings. The number of ether oxygens (including phenoxy) is 5. The number of benzene rings is 2. The second-order valence-corrected chi connectivity index (χ2v) is 7.85. The summed E-state index contributed by atoms with van der Waals surface area (Å²) in [4.78, 5) is 25.5. The lowest BCUT2D eigenvalue weighted by Gasteiger charge is -2.28. The molecular formula is C26H31NO7. The molecule has 0 bridgehead atoms. The van der Waals surface area contributed by atoms with Gasteiger partial charge in [-0.3, -0.25) is 4.79 Å². The Balaban J connectivity index is 2.07. The summed E-state index contributed by atoms with van der Waals surface area (Å²) < 4.78 is 27.2. The molecule has 34 heavy (non-hydrogen) atoms. The van der Waals surface area contributed by atoms with Gasteiger partial charge in [0.2, 0.25) is 5.88 Å². The van der Waals surface area contributed by atoms with Gasteiger partial charge in [-0.05, 0) is 48.2 Å². The van der Waals surface area contributed by atoms with Gasteiger partial charge < -0.3 is 29.4 Å². The van der Waals surface area contributed by atoms with Gasteiger partial charge in [-0.2, -0.15) is 0 Å². The van der Waals surface area contributed by atoms with Gasteiger partial charge in [0.1, 0.15) is 22.8 Å². The minimum atomic E-state index is -0.676. The monoisotopic (exact) mass is 469 g/mol. The van der Waals surface area contributed by atoms with Crippen LogP contribution in [-0.4, -0.2) is 39.4 Å². The fourth-order valence-electron chi connectivity index (χ4n) is 3.74. The van der Waals surface area contributed by atoms with Crippen LogP contribution in [0.2, 0.25) is 0 Å². The van der Waals surface area contributed by atoms with Crippen LogP contribution in [0.3, 0.4) is 0 Å². The number of methoxy groups -OCH3 is 2. The lowest BCUT2D eigenvalue weighted by Crippen LogP contribution is -2.28. The molecule has 0 fully saturated rings. The van der Waals surface area contributed by atoms with E-state index in [9.17, 15) is 9.59 Å². The molecule has 8 nitrogen and oxygen atoms in total. The van der Waals surface area contributed by atoms with Crippen molar-refractivity contribution in [2.75, 3.05) is 27.4 Å². The quantitative estimate of drug-likeness (QED) is 0.513. The molecule has 1 unspecified atom stereocenters. The van der Waals surface area contributed by atoms with E-state index in [0.29, 0.717) is 42.3 Å². The molecule has 0 amide bonds. The van der Waals surface area contributed by atoms with Crippen LogP contribution in [0, 0.1) is 0 Å². The number of fused-ring (bicyclic) bond motifs is 1. The molecule has 1 atom stereocenters. The van der Waals surface area contributed by atoms with Crippen LogP contribution in [0.25, 0.3) is 11.1 Å². The highest BCUT2D eigenvalue weighted by atomic mass is 16.5. The third-order valence-electron chi connectivity index (χ3n) is 5.40. The van der Waals surface area contributed by atoms with Gasteiger partial charge in [0.05, 0.1) is 33.9 Å². The summed E-state index contributed by atoms with van der Waals surface area (Å²) in [6.07, 6.45) is 1.28. The smallest absolute Gasteiger partial charge is 0.340 e. The van der Waals surface area contributed by atoms with Crippen molar-refractivity contribution in [3.63, 3.8) is 0 Å². The molecule has 2 aromatic carbocycles. The zero-order valence-corrected chi connectivity index (χ0v) is 20.0. The van der Waals surface area contributed by atoms with E-state index in [2.05, 4.69) is 0 Å². The van der Waals surface area contributed by atoms with Gasteiger partial charge in [-0.15, -0.1) is 0 Å². The maximum atomic E-state index is 12.9. The van der Waals surface area contributed by atoms with Crippen LogP contribution < -0.4 is 19.9 Å². The highest BCUT2D eigenvalue weighted by molar-refractivity contribution is 5.93. The van der Waals surface area contributed by atoms with Crippen LogP contribution in [0.1, 0.15) is 44.6 Å². The van der Waals surface area contributed by atoms with Gasteiger partial charge in [-0.25, -0.2) is 4.79 Å². The number of carbonyl (C=O) groups is 2. The minimum Gasteiger partial charge on any atom is -0.497 e. The highest BCUT2D eigenvalue weighted by Gasteiger charge is 2.36. The Bertz CT molecular complexity index is 1050. The number of rotatable bonds is 10. The van der Waals surface area contributed by atoms with Crippen LogP contribution >= 0.6 is 0 Å². The van der Waals surface area contributed by atoms with E-state index >= 15 is 0 Å². The molecule has 0 spiro atoms. The average molecular weight is 470 g/mol. The first kappa shape index (κ1) is 25.0. The highest BCUT2D eigenvalue weighted by Crippen LogP contribution is 2.43. The van der Waals surface area contributed by atoms with Crippen LogP contribution in [0.15, 0.2) is 47.9 Å². The predicted molar refractivity (Wildman–Crippen MR) is 127 cm³/mol. The standard InChI is InChI=1S/C26H31NO7/c1-5-9-32-23(28)15-21-20-13-16(17-11-18(30-3)14-19(12-17)31-4)7-8-22(20)34-25(27)24(21)26(29)33-10-6-2/h7-8,11-14,21H,5-6,9-10,15,27H2,1-4H3. The molecule has 1 heterocycles. The van der Waals surface area contributed by atoms with Crippen molar-refractivity contribution in [3.8, 4) is 28.4 Å². The summed E-state index contributed by atoms with van der Waals surface area (Å²) in [5, 5.41) is 0. The first-order chi connectivity index (χ1) is 16.4. The van der Waals surface area contributed by atoms with E-state index in [1.54, 1.807) is 26.4 Å². The van der Waals surface area contributed by atoms with E-state index in [-0.39, 0.29) is 24.5 Å². The largest absolute Gasteiger partial charge is 0.497 e. The van der Waals surface area contributed by atoms with Crippen LogP contribution in [0.5, 0.6) is 17.2 Å². The second kappa shape index (κ2) is 11.4. The number of esters is 2. The molecule has 0 radical (unpaired) electrons. The van der Waals surface area contributed by atoms with Gasteiger partial charge in [-0.1, -0.05) is 19.9 Å². The van der Waals surface area contributed by atoms with Crippen LogP contribution in [0.4, 0.5) is 0 Å². The number of hydrogen-bond donors (Lipinski definition) is 1. The van der Waals surface area contributed by atoms with Gasteiger partial charge in [0.15, 0.2) is 0 Å². The average Bonchev–Trinajstić information content (AvgIpc) is 2.85. The summed E-state index contributed by atoms with van der Waals surface area (Å²) in [6, 6.07) is 11.0. The summed E-state index contributed by atoms with van der Waals surface area (Å²) in [5.74, 6) is -0.0421. The lowest BCUT2D eigenvalue weighted by atomic mass is 9.84. The third-order valence-corrected chi connectivity index (χ3v) is 5.40. The third kappa shape index (κ3) is 5.62. The molecular weight excluding hydrogens is 438 g/mol. The number of carbonyl (C=O) groups excluding carboxylic acids is 2. The molecule has 2 aromatic rings. The summed E-state index contributed by atoms with van der Waals surface area (Å²) in [5.41, 5.74) is 8.56. The summed E-state index contributed by atoms with van der Waals surface area (Å²) >= 11 is 0. The Kier molecular flexibility index (Phi) is 8.40. The Hall–Kier alpha value is -3.68. The Morgan fingerprint density at radius 2 is 1.56 bits per heavy atom. The molecule has 2 N–H and O–H groups in total. The predicted octanol–water partition coefficient (Wildman–Crippen LogP) is 4.31. The van der Waals surface area contributed by atoms with Crippen molar-refractivity contribution < 1.29 is 33.3 Å². The molecule has 0 aromatic heterocycles. The van der Waals surface area contributed by atoms with E-state index in [4.69, 9.17) is 29.4 Å². The topological polar surface area (TPSA) is 106 Å². The molecule has 1 aliphatic heterocycles. The molecule has 182 valence electrons. The lowest BCUT2D eigenvalue weighted by molar-refractivity contribution is -0.144. The van der Waals surface area contributed by atoms with E-state index in [0.717, 1.165) is 11.1 Å². The Morgan fingerprint density at radius 3 is 2.18 bits per heavy atom. The van der Waals surface area contributed by atoms with Gasteiger partial charge in [0.25, 0.3) is 0 Å². The van der Waals surface area contributed by atoms with Crippen molar-refractivity contribution in [3.05, 3.63) is 53.4 Å². The first-order valence-electron chi connectivity index (χ1n) is 11.3. The zero-order chi connectivity index (χ0) is 24.7. The minimum absolute atomic E-state index is 0.0709. The SMILES string of the molecule is CCCOC(=O)CC1C(C(=O)OCCC)=C(N)Oc2ccc(-c3cc(OC)cc(OC)c3)cc21. The van der Waals surface area contributed by atoms with Crippen molar-refractivity contribution >= 4 is 11.9 Å². The molecule has 0 saturated carbocycles. The number of hydrogen-bond acceptors (Lipinski definition) is 8. The molecule has 0 aliphatic carbocycles. The maximum absolute atomic E-state index is 12.9. The van der Waals surface area contributed by atoms with Crippen LogP contribution in [-0.2, 0) is 19.1 Å². The molecule has 8 heteroatoms. The Labute approximate surface area is 199 Å². The van der Waals surface area contributed by atoms with Crippen molar-refractivity contribution in [2.24, 2.45) is 5.73 Å². The van der Waals surface area contributed by atoms with Gasteiger partial charge >= 0.3 is 11.9 Å². The first-order valence-corrected chi connectivity index (χ1v) is 11.3. The number of nitrogens with two attached hydrogens (primary N) is 1. The van der Waals surface area contributed by atoms with E-state index in [1.165, 1.54) is 0 Å². The summed E-state index contributed by atoms with van der Waals surface area (Å²) in [6.45, 7) is 4.34. The molecule has 0 saturated heterocycles. The molecule has 3 rings (SSSR count). The van der Waals surface area contributed by atoms with Gasteiger partial charge in [0, 0.05) is 17.5 Å².